The lowest BCUT2D eigenvalue weighted by atomic mass is 10.3. The van der Waals surface area contributed by atoms with Crippen LogP contribution in [0.25, 0.3) is 0 Å². The summed E-state index contributed by atoms with van der Waals surface area (Å²) in [6, 6.07) is 0. The van der Waals surface area contributed by atoms with Gasteiger partial charge in [-0.15, -0.1) is 11.3 Å². The monoisotopic (exact) mass is 185 g/mol. The van der Waals surface area contributed by atoms with Gasteiger partial charge in [0.1, 0.15) is 5.69 Å². The molecule has 1 heterocycles. The Morgan fingerprint density at radius 2 is 2.25 bits per heavy atom. The standard InChI is InChI=1S/C7H11N3OS/c1-4-5(6(11)9-2)10(3)7(8)12-4/h8H,1-3H3,(H,9,11). The molecule has 0 radical (unpaired) electrons. The van der Waals surface area contributed by atoms with Gasteiger partial charge in [0.25, 0.3) is 5.91 Å². The second-order valence-corrected chi connectivity index (χ2v) is 3.65. The van der Waals surface area contributed by atoms with Gasteiger partial charge in [0.15, 0.2) is 4.80 Å². The average molecular weight is 185 g/mol. The summed E-state index contributed by atoms with van der Waals surface area (Å²) >= 11 is 1.31. The molecule has 0 saturated carbocycles. The summed E-state index contributed by atoms with van der Waals surface area (Å²) < 4.78 is 1.58. The van der Waals surface area contributed by atoms with E-state index >= 15 is 0 Å². The number of hydrogen-bond donors (Lipinski definition) is 2. The Morgan fingerprint density at radius 1 is 1.67 bits per heavy atom. The van der Waals surface area contributed by atoms with Crippen LogP contribution in [0.2, 0.25) is 0 Å². The minimum Gasteiger partial charge on any atom is -0.354 e. The minimum absolute atomic E-state index is 0.134. The predicted octanol–water partition coefficient (Wildman–Crippen LogP) is 0.234. The first-order valence-corrected chi connectivity index (χ1v) is 4.32. The molecule has 0 aliphatic carbocycles. The zero-order valence-corrected chi connectivity index (χ0v) is 8.08. The predicted molar refractivity (Wildman–Crippen MR) is 47.3 cm³/mol. The highest BCUT2D eigenvalue weighted by Gasteiger charge is 2.12. The number of carbonyl (C=O) groups excluding carboxylic acids is 1. The van der Waals surface area contributed by atoms with E-state index in [1.165, 1.54) is 11.3 Å². The number of rotatable bonds is 1. The summed E-state index contributed by atoms with van der Waals surface area (Å²) in [5, 5.41) is 9.99. The smallest absolute Gasteiger partial charge is 0.268 e. The van der Waals surface area contributed by atoms with E-state index in [1.807, 2.05) is 6.92 Å². The molecule has 0 fully saturated rings. The van der Waals surface area contributed by atoms with Crippen LogP contribution in [0.3, 0.4) is 0 Å². The van der Waals surface area contributed by atoms with Gasteiger partial charge in [-0.05, 0) is 6.92 Å². The average Bonchev–Trinajstić information content (AvgIpc) is 2.26. The Kier molecular flexibility index (Phi) is 2.32. The van der Waals surface area contributed by atoms with Crippen LogP contribution in [0, 0.1) is 12.3 Å². The van der Waals surface area contributed by atoms with E-state index in [0.29, 0.717) is 10.5 Å². The summed E-state index contributed by atoms with van der Waals surface area (Å²) in [5.41, 5.74) is 0.576. The van der Waals surface area contributed by atoms with Crippen molar-refractivity contribution in [1.29, 1.82) is 5.41 Å². The third-order valence-corrected chi connectivity index (χ3v) is 2.63. The second kappa shape index (κ2) is 3.10. The van der Waals surface area contributed by atoms with Gasteiger partial charge in [0, 0.05) is 19.0 Å². The van der Waals surface area contributed by atoms with Crippen molar-refractivity contribution in [3.63, 3.8) is 0 Å². The van der Waals surface area contributed by atoms with Gasteiger partial charge in [-0.3, -0.25) is 10.2 Å². The van der Waals surface area contributed by atoms with Crippen LogP contribution >= 0.6 is 11.3 Å². The lowest BCUT2D eigenvalue weighted by Crippen LogP contribution is -2.24. The molecule has 0 bridgehead atoms. The number of nitrogens with one attached hydrogen (secondary N) is 2. The van der Waals surface area contributed by atoms with Gasteiger partial charge in [-0.25, -0.2) is 0 Å². The maximum Gasteiger partial charge on any atom is 0.268 e. The van der Waals surface area contributed by atoms with Crippen LogP contribution in [0.5, 0.6) is 0 Å². The zero-order chi connectivity index (χ0) is 9.30. The lowest BCUT2D eigenvalue weighted by Gasteiger charge is -2.00. The summed E-state index contributed by atoms with van der Waals surface area (Å²) in [6.45, 7) is 1.84. The van der Waals surface area contributed by atoms with Crippen LogP contribution in [0.4, 0.5) is 0 Å². The van der Waals surface area contributed by atoms with Crippen molar-refractivity contribution in [3.8, 4) is 0 Å². The Labute approximate surface area is 74.4 Å². The fraction of sp³-hybridized carbons (Fsp3) is 0.429. The third kappa shape index (κ3) is 1.27. The summed E-state index contributed by atoms with van der Waals surface area (Å²) in [6.07, 6.45) is 0. The molecule has 5 heteroatoms. The van der Waals surface area contributed by atoms with Crippen molar-refractivity contribution in [3.05, 3.63) is 15.4 Å². The molecule has 0 aromatic carbocycles. The van der Waals surface area contributed by atoms with E-state index in [9.17, 15) is 4.79 Å². The zero-order valence-electron chi connectivity index (χ0n) is 7.26. The van der Waals surface area contributed by atoms with Crippen LogP contribution in [-0.4, -0.2) is 17.5 Å². The van der Waals surface area contributed by atoms with Crippen molar-refractivity contribution >= 4 is 17.2 Å². The molecule has 1 aromatic rings. The van der Waals surface area contributed by atoms with Crippen molar-refractivity contribution in [1.82, 2.24) is 9.88 Å². The first-order chi connectivity index (χ1) is 5.57. The highest BCUT2D eigenvalue weighted by atomic mass is 32.1. The van der Waals surface area contributed by atoms with E-state index in [-0.39, 0.29) is 5.91 Å². The minimum atomic E-state index is -0.134. The first kappa shape index (κ1) is 8.99. The van der Waals surface area contributed by atoms with Gasteiger partial charge in [0.05, 0.1) is 0 Å². The van der Waals surface area contributed by atoms with Crippen molar-refractivity contribution in [2.24, 2.45) is 7.05 Å². The van der Waals surface area contributed by atoms with E-state index in [0.717, 1.165) is 4.88 Å². The molecule has 0 spiro atoms. The van der Waals surface area contributed by atoms with Gasteiger partial charge in [0.2, 0.25) is 0 Å². The lowest BCUT2D eigenvalue weighted by molar-refractivity contribution is 0.0954. The van der Waals surface area contributed by atoms with Crippen molar-refractivity contribution in [2.45, 2.75) is 6.92 Å². The van der Waals surface area contributed by atoms with Crippen LogP contribution in [0.1, 0.15) is 15.4 Å². The van der Waals surface area contributed by atoms with E-state index in [4.69, 9.17) is 5.41 Å². The van der Waals surface area contributed by atoms with Crippen molar-refractivity contribution < 1.29 is 4.79 Å². The van der Waals surface area contributed by atoms with Gasteiger partial charge in [-0.2, -0.15) is 0 Å². The summed E-state index contributed by atoms with van der Waals surface area (Å²) in [4.78, 5) is 12.5. The molecule has 12 heavy (non-hydrogen) atoms. The Morgan fingerprint density at radius 3 is 2.58 bits per heavy atom. The molecule has 66 valence electrons. The molecule has 0 unspecified atom stereocenters. The Bertz CT molecular complexity index is 363. The first-order valence-electron chi connectivity index (χ1n) is 3.51. The molecule has 2 N–H and O–H groups in total. The van der Waals surface area contributed by atoms with Gasteiger partial charge >= 0.3 is 0 Å². The number of hydrogen-bond acceptors (Lipinski definition) is 3. The van der Waals surface area contributed by atoms with Crippen LogP contribution < -0.4 is 10.1 Å². The molecule has 1 aromatic heterocycles. The van der Waals surface area contributed by atoms with Crippen LogP contribution in [0.15, 0.2) is 0 Å². The number of amides is 1. The molecule has 0 saturated heterocycles. The molecular formula is C7H11N3OS. The SMILES string of the molecule is CNC(=O)c1c(C)sc(=N)n1C. The molecule has 0 aliphatic rings. The van der Waals surface area contributed by atoms with Gasteiger partial charge < -0.3 is 9.88 Å². The molecule has 0 aliphatic heterocycles. The number of carbonyl (C=O) groups is 1. The number of aryl methyl sites for hydroxylation is 1. The molecule has 1 amide bonds. The fourth-order valence-corrected chi connectivity index (χ4v) is 1.87. The molecule has 1 rings (SSSR count). The Balaban J connectivity index is 3.32. The molecule has 0 atom stereocenters. The largest absolute Gasteiger partial charge is 0.354 e. The number of nitrogens with zero attached hydrogens (tertiary/aromatic N) is 1. The summed E-state index contributed by atoms with van der Waals surface area (Å²) in [7, 11) is 3.31. The second-order valence-electron chi connectivity index (χ2n) is 2.45. The van der Waals surface area contributed by atoms with E-state index < -0.39 is 0 Å². The number of aromatic nitrogens is 1. The highest BCUT2D eigenvalue weighted by molar-refractivity contribution is 7.09. The highest BCUT2D eigenvalue weighted by Crippen LogP contribution is 2.08. The van der Waals surface area contributed by atoms with Gasteiger partial charge in [-0.1, -0.05) is 0 Å². The summed E-state index contributed by atoms with van der Waals surface area (Å²) in [5.74, 6) is -0.134. The maximum atomic E-state index is 11.3. The number of thiazole rings is 1. The molecular weight excluding hydrogens is 174 g/mol. The maximum absolute atomic E-state index is 11.3. The van der Waals surface area contributed by atoms with Crippen LogP contribution in [-0.2, 0) is 7.05 Å². The van der Waals surface area contributed by atoms with Crippen molar-refractivity contribution in [2.75, 3.05) is 7.05 Å². The van der Waals surface area contributed by atoms with E-state index in [2.05, 4.69) is 5.32 Å². The van der Waals surface area contributed by atoms with E-state index in [1.54, 1.807) is 18.7 Å². The topological polar surface area (TPSA) is 57.9 Å². The molecule has 4 nitrogen and oxygen atoms in total. The normalized spacial score (nSPS) is 9.92. The third-order valence-electron chi connectivity index (χ3n) is 1.67. The quantitative estimate of drug-likeness (QED) is 0.646. The Hall–Kier alpha value is -1.10. The fourth-order valence-electron chi connectivity index (χ4n) is 1.03.